The second-order valence-corrected chi connectivity index (χ2v) is 5.65. The van der Waals surface area contributed by atoms with Crippen molar-refractivity contribution in [1.82, 2.24) is 10.3 Å². The predicted molar refractivity (Wildman–Crippen MR) is 73.8 cm³/mol. The van der Waals surface area contributed by atoms with Gasteiger partial charge in [0.1, 0.15) is 0 Å². The third kappa shape index (κ3) is 4.86. The first-order valence-corrected chi connectivity index (χ1v) is 6.62. The molecule has 0 aliphatic carbocycles. The van der Waals surface area contributed by atoms with E-state index < -0.39 is 0 Å². The van der Waals surface area contributed by atoms with Crippen molar-refractivity contribution in [1.29, 1.82) is 0 Å². The third-order valence-corrected chi connectivity index (χ3v) is 3.35. The first-order valence-electron chi connectivity index (χ1n) is 6.62. The van der Waals surface area contributed by atoms with Crippen molar-refractivity contribution >= 4 is 0 Å². The molecule has 0 aromatic carbocycles. The zero-order valence-corrected chi connectivity index (χ0v) is 11.8. The van der Waals surface area contributed by atoms with Crippen LogP contribution in [-0.4, -0.2) is 11.5 Å². The number of nitrogens with zero attached hydrogens (tertiary/aromatic N) is 1. The number of pyridine rings is 1. The highest BCUT2D eigenvalue weighted by Gasteiger charge is 2.16. The van der Waals surface area contributed by atoms with Crippen molar-refractivity contribution in [2.45, 2.75) is 41.2 Å². The van der Waals surface area contributed by atoms with Crippen LogP contribution in [0.15, 0.2) is 18.5 Å². The molecule has 1 N–H and O–H groups in total. The maximum Gasteiger partial charge on any atom is 0.0313 e. The largest absolute Gasteiger partial charge is 0.312 e. The van der Waals surface area contributed by atoms with E-state index in [-0.39, 0.29) is 0 Å². The van der Waals surface area contributed by atoms with Gasteiger partial charge < -0.3 is 5.32 Å². The molecule has 0 saturated heterocycles. The van der Waals surface area contributed by atoms with Crippen molar-refractivity contribution in [2.75, 3.05) is 6.54 Å². The summed E-state index contributed by atoms with van der Waals surface area (Å²) < 4.78 is 0. The average molecular weight is 234 g/mol. The summed E-state index contributed by atoms with van der Waals surface area (Å²) in [4.78, 5) is 4.21. The summed E-state index contributed by atoms with van der Waals surface area (Å²) in [5.74, 6) is 2.21. The SMILES string of the molecule is Cc1cncc(CNCC(C(C)C)C(C)C)c1. The van der Waals surface area contributed by atoms with Crippen molar-refractivity contribution in [3.05, 3.63) is 29.6 Å². The molecule has 2 nitrogen and oxygen atoms in total. The molecule has 0 fully saturated rings. The Kier molecular flexibility index (Phi) is 5.63. The van der Waals surface area contributed by atoms with Crippen LogP contribution in [0, 0.1) is 24.7 Å². The van der Waals surface area contributed by atoms with Gasteiger partial charge in [-0.2, -0.15) is 0 Å². The molecule has 1 heterocycles. The summed E-state index contributed by atoms with van der Waals surface area (Å²) in [5, 5.41) is 3.55. The third-order valence-electron chi connectivity index (χ3n) is 3.35. The Bertz CT molecular complexity index is 323. The van der Waals surface area contributed by atoms with Crippen LogP contribution in [0.3, 0.4) is 0 Å². The van der Waals surface area contributed by atoms with Gasteiger partial charge in [-0.1, -0.05) is 33.8 Å². The van der Waals surface area contributed by atoms with Gasteiger partial charge >= 0.3 is 0 Å². The van der Waals surface area contributed by atoms with Gasteiger partial charge in [0, 0.05) is 18.9 Å². The summed E-state index contributed by atoms with van der Waals surface area (Å²) in [5.41, 5.74) is 2.50. The Morgan fingerprint density at radius 2 is 1.76 bits per heavy atom. The highest BCUT2D eigenvalue weighted by atomic mass is 14.9. The standard InChI is InChI=1S/C15H26N2/c1-11(2)15(12(3)4)10-17-9-14-6-13(5)7-16-8-14/h6-8,11-12,15,17H,9-10H2,1-5H3. The Labute approximate surface area is 106 Å². The van der Waals surface area contributed by atoms with Crippen LogP contribution in [0.5, 0.6) is 0 Å². The lowest BCUT2D eigenvalue weighted by atomic mass is 9.85. The van der Waals surface area contributed by atoms with E-state index in [9.17, 15) is 0 Å². The number of aryl methyl sites for hydroxylation is 1. The van der Waals surface area contributed by atoms with Gasteiger partial charge in [-0.05, 0) is 42.3 Å². The van der Waals surface area contributed by atoms with Gasteiger partial charge in [-0.25, -0.2) is 0 Å². The summed E-state index contributed by atoms with van der Waals surface area (Å²) in [6.07, 6.45) is 3.84. The molecule has 17 heavy (non-hydrogen) atoms. The van der Waals surface area contributed by atoms with Crippen molar-refractivity contribution in [3.63, 3.8) is 0 Å². The molecule has 0 aliphatic heterocycles. The maximum atomic E-state index is 4.21. The van der Waals surface area contributed by atoms with E-state index in [1.165, 1.54) is 11.1 Å². The lowest BCUT2D eigenvalue weighted by Gasteiger charge is -2.25. The Morgan fingerprint density at radius 3 is 2.29 bits per heavy atom. The summed E-state index contributed by atoms with van der Waals surface area (Å²) in [6, 6.07) is 2.19. The van der Waals surface area contributed by atoms with Crippen molar-refractivity contribution in [3.8, 4) is 0 Å². The molecule has 0 amide bonds. The Morgan fingerprint density at radius 1 is 1.12 bits per heavy atom. The van der Waals surface area contributed by atoms with E-state index in [1.807, 2.05) is 12.4 Å². The molecule has 0 bridgehead atoms. The minimum absolute atomic E-state index is 0.734. The van der Waals surface area contributed by atoms with Gasteiger partial charge in [0.05, 0.1) is 0 Å². The van der Waals surface area contributed by atoms with Gasteiger partial charge in [0.25, 0.3) is 0 Å². The zero-order chi connectivity index (χ0) is 12.8. The van der Waals surface area contributed by atoms with Crippen LogP contribution in [0.2, 0.25) is 0 Å². The summed E-state index contributed by atoms with van der Waals surface area (Å²) in [6.45, 7) is 13.3. The number of hydrogen-bond donors (Lipinski definition) is 1. The average Bonchev–Trinajstić information content (AvgIpc) is 2.23. The zero-order valence-electron chi connectivity index (χ0n) is 11.8. The molecule has 0 aliphatic rings. The molecule has 96 valence electrons. The van der Waals surface area contributed by atoms with Crippen LogP contribution in [0.25, 0.3) is 0 Å². The number of rotatable bonds is 6. The van der Waals surface area contributed by atoms with E-state index in [0.717, 1.165) is 30.8 Å². The molecule has 1 aromatic rings. The van der Waals surface area contributed by atoms with Gasteiger partial charge in [0.15, 0.2) is 0 Å². The van der Waals surface area contributed by atoms with Crippen molar-refractivity contribution < 1.29 is 0 Å². The first-order chi connectivity index (χ1) is 8.00. The molecular weight excluding hydrogens is 208 g/mol. The lowest BCUT2D eigenvalue weighted by Crippen LogP contribution is -2.29. The fourth-order valence-electron chi connectivity index (χ4n) is 2.34. The second kappa shape index (κ2) is 6.75. The van der Waals surface area contributed by atoms with E-state index in [0.29, 0.717) is 0 Å². The summed E-state index contributed by atoms with van der Waals surface area (Å²) >= 11 is 0. The molecule has 0 saturated carbocycles. The van der Waals surface area contributed by atoms with E-state index >= 15 is 0 Å². The number of nitrogens with one attached hydrogen (secondary N) is 1. The first kappa shape index (κ1) is 14.2. The highest BCUT2D eigenvalue weighted by molar-refractivity contribution is 5.16. The van der Waals surface area contributed by atoms with Crippen LogP contribution >= 0.6 is 0 Å². The van der Waals surface area contributed by atoms with Crippen LogP contribution < -0.4 is 5.32 Å². The van der Waals surface area contributed by atoms with Gasteiger partial charge in [0.2, 0.25) is 0 Å². The predicted octanol–water partition coefficient (Wildman–Crippen LogP) is 3.41. The van der Waals surface area contributed by atoms with Crippen molar-refractivity contribution in [2.24, 2.45) is 17.8 Å². The van der Waals surface area contributed by atoms with E-state index in [1.54, 1.807) is 0 Å². The maximum absolute atomic E-state index is 4.21. The summed E-state index contributed by atoms with van der Waals surface area (Å²) in [7, 11) is 0. The van der Waals surface area contributed by atoms with E-state index in [4.69, 9.17) is 0 Å². The van der Waals surface area contributed by atoms with Gasteiger partial charge in [-0.15, -0.1) is 0 Å². The van der Waals surface area contributed by atoms with Crippen LogP contribution in [0.1, 0.15) is 38.8 Å². The molecule has 2 heteroatoms. The van der Waals surface area contributed by atoms with Crippen LogP contribution in [-0.2, 0) is 6.54 Å². The number of hydrogen-bond acceptors (Lipinski definition) is 2. The lowest BCUT2D eigenvalue weighted by molar-refractivity contribution is 0.275. The van der Waals surface area contributed by atoms with Crippen LogP contribution in [0.4, 0.5) is 0 Å². The second-order valence-electron chi connectivity index (χ2n) is 5.65. The minimum Gasteiger partial charge on any atom is -0.312 e. The number of aromatic nitrogens is 1. The fraction of sp³-hybridized carbons (Fsp3) is 0.667. The Hall–Kier alpha value is -0.890. The molecular formula is C15H26N2. The molecule has 0 atom stereocenters. The van der Waals surface area contributed by atoms with Gasteiger partial charge in [-0.3, -0.25) is 4.98 Å². The quantitative estimate of drug-likeness (QED) is 0.816. The fourth-order valence-corrected chi connectivity index (χ4v) is 2.34. The smallest absolute Gasteiger partial charge is 0.0313 e. The Balaban J connectivity index is 2.41. The topological polar surface area (TPSA) is 24.9 Å². The molecule has 0 spiro atoms. The molecule has 1 aromatic heterocycles. The monoisotopic (exact) mass is 234 g/mol. The molecule has 0 radical (unpaired) electrons. The highest BCUT2D eigenvalue weighted by Crippen LogP contribution is 2.19. The molecule has 0 unspecified atom stereocenters. The molecule has 1 rings (SSSR count). The minimum atomic E-state index is 0.734. The van der Waals surface area contributed by atoms with E-state index in [2.05, 4.69) is 51.0 Å². The normalized spacial score (nSPS) is 11.8.